The molecule has 1 aliphatic carbocycles. The lowest BCUT2D eigenvalue weighted by Crippen LogP contribution is -2.44. The minimum atomic E-state index is -1.03. The van der Waals surface area contributed by atoms with Gasteiger partial charge in [-0.25, -0.2) is 9.59 Å². The Hall–Kier alpha value is -3.05. The quantitative estimate of drug-likeness (QED) is 0.328. The van der Waals surface area contributed by atoms with Crippen LogP contribution in [0.1, 0.15) is 69.6 Å². The van der Waals surface area contributed by atoms with Crippen LogP contribution in [-0.2, 0) is 14.9 Å². The van der Waals surface area contributed by atoms with E-state index in [1.165, 1.54) is 6.42 Å². The van der Waals surface area contributed by atoms with Crippen LogP contribution < -0.4 is 5.32 Å². The van der Waals surface area contributed by atoms with Gasteiger partial charge in [-0.15, -0.1) is 0 Å². The largest absolute Gasteiger partial charge is 0.480 e. The SMILES string of the molecule is CC(C)(c1cccc(Cl)c1)C(OC(=O)NC(CC1CCCCC1)C(=O)O)c1ccc2ccccc2c1. The van der Waals surface area contributed by atoms with Gasteiger partial charge in [-0.1, -0.05) is 106 Å². The van der Waals surface area contributed by atoms with Gasteiger partial charge < -0.3 is 15.2 Å². The Morgan fingerprint density at radius 1 is 1.00 bits per heavy atom. The molecule has 3 aromatic carbocycles. The molecule has 5 nitrogen and oxygen atoms in total. The molecule has 1 aliphatic rings. The zero-order valence-electron chi connectivity index (χ0n) is 20.9. The van der Waals surface area contributed by atoms with Gasteiger partial charge in [0.1, 0.15) is 12.1 Å². The monoisotopic (exact) mass is 507 g/mol. The fourth-order valence-electron chi connectivity index (χ4n) is 5.30. The molecule has 1 amide bonds. The lowest BCUT2D eigenvalue weighted by atomic mass is 9.76. The molecule has 2 unspecified atom stereocenters. The van der Waals surface area contributed by atoms with Gasteiger partial charge in [0.15, 0.2) is 0 Å². The van der Waals surface area contributed by atoms with Gasteiger partial charge in [-0.3, -0.25) is 0 Å². The summed E-state index contributed by atoms with van der Waals surface area (Å²) in [7, 11) is 0. The highest BCUT2D eigenvalue weighted by molar-refractivity contribution is 6.30. The highest BCUT2D eigenvalue weighted by Gasteiger charge is 2.37. The molecule has 0 aromatic heterocycles. The molecule has 190 valence electrons. The van der Waals surface area contributed by atoms with Crippen molar-refractivity contribution in [3.05, 3.63) is 82.9 Å². The normalized spacial score (nSPS) is 16.3. The molecule has 2 N–H and O–H groups in total. The van der Waals surface area contributed by atoms with Crippen molar-refractivity contribution in [2.24, 2.45) is 5.92 Å². The summed E-state index contributed by atoms with van der Waals surface area (Å²) >= 11 is 6.30. The first kappa shape index (κ1) is 26.0. The van der Waals surface area contributed by atoms with Crippen LogP contribution in [0.15, 0.2) is 66.7 Å². The van der Waals surface area contributed by atoms with Crippen LogP contribution in [0.4, 0.5) is 4.79 Å². The van der Waals surface area contributed by atoms with Gasteiger partial charge in [0, 0.05) is 10.4 Å². The zero-order valence-corrected chi connectivity index (χ0v) is 21.6. The standard InChI is InChI=1S/C30H34ClNO4/c1-30(2,24-13-8-14-25(31)19-24)27(23-16-15-21-11-6-7-12-22(21)18-23)36-29(35)32-26(28(33)34)17-20-9-4-3-5-10-20/h6-8,11-16,18-20,26-27H,3-5,9-10,17H2,1-2H3,(H,32,35)(H,33,34). The first-order valence-corrected chi connectivity index (χ1v) is 13.1. The molecule has 0 saturated heterocycles. The molecular formula is C30H34ClNO4. The fraction of sp³-hybridized carbons (Fsp3) is 0.400. The Bertz CT molecular complexity index is 1220. The van der Waals surface area contributed by atoms with Crippen LogP contribution in [-0.4, -0.2) is 23.2 Å². The topological polar surface area (TPSA) is 75.6 Å². The van der Waals surface area contributed by atoms with E-state index in [0.29, 0.717) is 17.4 Å². The molecule has 0 aliphatic heterocycles. The zero-order chi connectivity index (χ0) is 25.7. The number of carbonyl (C=O) groups is 2. The van der Waals surface area contributed by atoms with Crippen molar-refractivity contribution >= 4 is 34.4 Å². The van der Waals surface area contributed by atoms with E-state index in [-0.39, 0.29) is 0 Å². The first-order chi connectivity index (χ1) is 17.2. The average Bonchev–Trinajstić information content (AvgIpc) is 2.87. The minimum Gasteiger partial charge on any atom is -0.480 e. The van der Waals surface area contributed by atoms with Gasteiger partial charge in [0.05, 0.1) is 0 Å². The number of carboxylic acid groups (broad SMARTS) is 1. The van der Waals surface area contributed by atoms with Crippen LogP contribution in [0, 0.1) is 5.92 Å². The molecule has 3 aromatic rings. The number of amides is 1. The maximum Gasteiger partial charge on any atom is 0.408 e. The van der Waals surface area contributed by atoms with E-state index in [1.807, 2.05) is 80.6 Å². The van der Waals surface area contributed by atoms with E-state index in [1.54, 1.807) is 0 Å². The van der Waals surface area contributed by atoms with E-state index in [4.69, 9.17) is 16.3 Å². The van der Waals surface area contributed by atoms with Crippen LogP contribution in [0.25, 0.3) is 10.8 Å². The molecule has 1 fully saturated rings. The van der Waals surface area contributed by atoms with Crippen molar-refractivity contribution in [1.82, 2.24) is 5.32 Å². The number of aliphatic carboxylic acids is 1. The summed E-state index contributed by atoms with van der Waals surface area (Å²) in [5.74, 6) is -0.729. The number of benzene rings is 3. The highest BCUT2D eigenvalue weighted by atomic mass is 35.5. The highest BCUT2D eigenvalue weighted by Crippen LogP contribution is 2.41. The maximum absolute atomic E-state index is 13.2. The van der Waals surface area contributed by atoms with Crippen LogP contribution in [0.3, 0.4) is 0 Å². The summed E-state index contributed by atoms with van der Waals surface area (Å²) in [5.41, 5.74) is 1.10. The Kier molecular flexibility index (Phi) is 8.20. The number of ether oxygens (including phenoxy) is 1. The summed E-state index contributed by atoms with van der Waals surface area (Å²) in [4.78, 5) is 25.2. The number of carboxylic acids is 1. The maximum atomic E-state index is 13.2. The predicted octanol–water partition coefficient (Wildman–Crippen LogP) is 7.66. The van der Waals surface area contributed by atoms with Gasteiger partial charge in [0.25, 0.3) is 0 Å². The lowest BCUT2D eigenvalue weighted by Gasteiger charge is -2.35. The Labute approximate surface area is 217 Å². The minimum absolute atomic E-state index is 0.305. The Balaban J connectivity index is 1.62. The van der Waals surface area contributed by atoms with Crippen molar-refractivity contribution in [2.75, 3.05) is 0 Å². The summed E-state index contributed by atoms with van der Waals surface area (Å²) < 4.78 is 6.06. The number of hydrogen-bond acceptors (Lipinski definition) is 3. The molecule has 0 spiro atoms. The summed E-state index contributed by atoms with van der Waals surface area (Å²) in [6.07, 6.45) is 4.43. The number of fused-ring (bicyclic) bond motifs is 1. The predicted molar refractivity (Wildman–Crippen MR) is 143 cm³/mol. The third kappa shape index (κ3) is 6.19. The molecule has 6 heteroatoms. The number of hydrogen-bond donors (Lipinski definition) is 2. The van der Waals surface area contributed by atoms with E-state index >= 15 is 0 Å². The number of rotatable bonds is 8. The molecule has 0 radical (unpaired) electrons. The third-order valence-electron chi connectivity index (χ3n) is 7.41. The fourth-order valence-corrected chi connectivity index (χ4v) is 5.49. The molecule has 1 saturated carbocycles. The van der Waals surface area contributed by atoms with Crippen molar-refractivity contribution in [1.29, 1.82) is 0 Å². The Morgan fingerprint density at radius 2 is 1.72 bits per heavy atom. The van der Waals surface area contributed by atoms with Crippen molar-refractivity contribution in [2.45, 2.75) is 69.9 Å². The number of nitrogens with one attached hydrogen (secondary N) is 1. The summed E-state index contributed by atoms with van der Waals surface area (Å²) in [6, 6.07) is 20.5. The Morgan fingerprint density at radius 3 is 2.42 bits per heavy atom. The molecular weight excluding hydrogens is 474 g/mol. The van der Waals surface area contributed by atoms with E-state index < -0.39 is 29.6 Å². The van der Waals surface area contributed by atoms with Crippen molar-refractivity contribution in [3.63, 3.8) is 0 Å². The summed E-state index contributed by atoms with van der Waals surface area (Å²) in [5, 5.41) is 15.2. The van der Waals surface area contributed by atoms with Crippen LogP contribution >= 0.6 is 11.6 Å². The average molecular weight is 508 g/mol. The van der Waals surface area contributed by atoms with Crippen molar-refractivity contribution < 1.29 is 19.4 Å². The first-order valence-electron chi connectivity index (χ1n) is 12.7. The second kappa shape index (κ2) is 11.3. The molecule has 0 bridgehead atoms. The van der Waals surface area contributed by atoms with Gasteiger partial charge >= 0.3 is 12.1 Å². The van der Waals surface area contributed by atoms with Crippen molar-refractivity contribution in [3.8, 4) is 0 Å². The second-order valence-corrected chi connectivity index (χ2v) is 10.8. The smallest absolute Gasteiger partial charge is 0.408 e. The van der Waals surface area contributed by atoms with E-state index in [2.05, 4.69) is 5.32 Å². The summed E-state index contributed by atoms with van der Waals surface area (Å²) in [6.45, 7) is 4.00. The third-order valence-corrected chi connectivity index (χ3v) is 7.64. The van der Waals surface area contributed by atoms with Crippen LogP contribution in [0.2, 0.25) is 5.02 Å². The lowest BCUT2D eigenvalue weighted by molar-refractivity contribution is -0.140. The molecule has 0 heterocycles. The molecule has 2 atom stereocenters. The second-order valence-electron chi connectivity index (χ2n) is 10.4. The van der Waals surface area contributed by atoms with Gasteiger partial charge in [0.2, 0.25) is 0 Å². The van der Waals surface area contributed by atoms with Crippen LogP contribution in [0.5, 0.6) is 0 Å². The number of alkyl carbamates (subject to hydrolysis) is 1. The van der Waals surface area contributed by atoms with E-state index in [0.717, 1.165) is 47.6 Å². The van der Waals surface area contributed by atoms with Gasteiger partial charge in [-0.2, -0.15) is 0 Å². The van der Waals surface area contributed by atoms with Gasteiger partial charge in [-0.05, 0) is 52.4 Å². The van der Waals surface area contributed by atoms with E-state index in [9.17, 15) is 14.7 Å². The molecule has 4 rings (SSSR count). The number of carbonyl (C=O) groups excluding carboxylic acids is 1. The number of halogens is 1. The molecule has 36 heavy (non-hydrogen) atoms.